The van der Waals surface area contributed by atoms with Gasteiger partial charge in [0, 0.05) is 28.8 Å². The highest BCUT2D eigenvalue weighted by Crippen LogP contribution is 2.51. The van der Waals surface area contributed by atoms with Crippen LogP contribution in [0.3, 0.4) is 0 Å². The zero-order valence-electron chi connectivity index (χ0n) is 17.5. The van der Waals surface area contributed by atoms with Gasteiger partial charge in [-0.2, -0.15) is 0 Å². The number of nitrogens with zero attached hydrogens (tertiary/aromatic N) is 4. The van der Waals surface area contributed by atoms with Crippen molar-refractivity contribution < 1.29 is 9.90 Å². The van der Waals surface area contributed by atoms with Crippen LogP contribution in [0.15, 0.2) is 30.3 Å². The first-order valence-corrected chi connectivity index (χ1v) is 11.3. The standard InChI is InChI=1S/C23H24Cl2N4O2/c1-13-5-18(28-10-16(11-28)15-8-23(2,9-15)22(30)31)7-20-21(13)26-27-29(20)12-14-3-4-17(24)6-19(14)25/h3-7,15-16H,8-12H2,1-2H3,(H,30,31). The highest BCUT2D eigenvalue weighted by atomic mass is 35.5. The molecule has 0 unspecified atom stereocenters. The van der Waals surface area contributed by atoms with Crippen molar-refractivity contribution in [1.82, 2.24) is 15.0 Å². The lowest BCUT2D eigenvalue weighted by molar-refractivity contribution is -0.158. The zero-order valence-corrected chi connectivity index (χ0v) is 19.0. The third-order valence-electron chi connectivity index (χ3n) is 7.01. The zero-order chi connectivity index (χ0) is 21.9. The van der Waals surface area contributed by atoms with Crippen molar-refractivity contribution in [3.63, 3.8) is 0 Å². The minimum atomic E-state index is -0.664. The average molecular weight is 459 g/mol. The Morgan fingerprint density at radius 1 is 1.19 bits per heavy atom. The molecule has 162 valence electrons. The van der Waals surface area contributed by atoms with E-state index in [0.717, 1.165) is 53.8 Å². The van der Waals surface area contributed by atoms with Crippen LogP contribution >= 0.6 is 23.2 Å². The van der Waals surface area contributed by atoms with Gasteiger partial charge in [0.05, 0.1) is 17.5 Å². The number of aliphatic carboxylic acids is 1. The Morgan fingerprint density at radius 3 is 2.61 bits per heavy atom. The predicted octanol–water partition coefficient (Wildman–Crippen LogP) is 5.03. The number of anilines is 1. The van der Waals surface area contributed by atoms with E-state index in [1.54, 1.807) is 6.07 Å². The maximum atomic E-state index is 11.4. The number of rotatable bonds is 5. The Morgan fingerprint density at radius 2 is 1.94 bits per heavy atom. The second-order valence-electron chi connectivity index (χ2n) is 9.31. The molecule has 5 rings (SSSR count). The van der Waals surface area contributed by atoms with E-state index in [1.165, 1.54) is 0 Å². The summed E-state index contributed by atoms with van der Waals surface area (Å²) in [5.41, 5.74) is 4.53. The van der Waals surface area contributed by atoms with Crippen molar-refractivity contribution in [2.24, 2.45) is 17.3 Å². The van der Waals surface area contributed by atoms with Crippen molar-refractivity contribution in [3.8, 4) is 0 Å². The number of aromatic nitrogens is 3. The summed E-state index contributed by atoms with van der Waals surface area (Å²) in [6, 6.07) is 9.79. The first-order chi connectivity index (χ1) is 14.7. The normalized spacial score (nSPS) is 23.6. The van der Waals surface area contributed by atoms with Gasteiger partial charge < -0.3 is 10.0 Å². The van der Waals surface area contributed by atoms with E-state index in [9.17, 15) is 9.90 Å². The summed E-state index contributed by atoms with van der Waals surface area (Å²) in [6.07, 6.45) is 1.58. The molecule has 1 saturated carbocycles. The van der Waals surface area contributed by atoms with Crippen LogP contribution in [0.2, 0.25) is 10.0 Å². The van der Waals surface area contributed by atoms with Crippen LogP contribution in [0.4, 0.5) is 5.69 Å². The summed E-state index contributed by atoms with van der Waals surface area (Å²) >= 11 is 12.4. The van der Waals surface area contributed by atoms with Gasteiger partial charge in [-0.1, -0.05) is 34.5 Å². The highest BCUT2D eigenvalue weighted by Gasteiger charge is 2.51. The summed E-state index contributed by atoms with van der Waals surface area (Å²) in [7, 11) is 0. The minimum Gasteiger partial charge on any atom is -0.481 e. The largest absolute Gasteiger partial charge is 0.481 e. The number of carboxylic acids is 1. The van der Waals surface area contributed by atoms with E-state index in [4.69, 9.17) is 23.2 Å². The second kappa shape index (κ2) is 7.38. The van der Waals surface area contributed by atoms with Crippen LogP contribution in [0.1, 0.15) is 30.9 Å². The monoisotopic (exact) mass is 458 g/mol. The Labute approximate surface area is 190 Å². The van der Waals surface area contributed by atoms with Gasteiger partial charge in [-0.05, 0) is 73.9 Å². The Kier molecular flexibility index (Phi) is 4.90. The number of carboxylic acid groups (broad SMARTS) is 1. The first-order valence-electron chi connectivity index (χ1n) is 10.5. The molecule has 1 aromatic heterocycles. The Balaban J connectivity index is 1.33. The molecule has 0 amide bonds. The van der Waals surface area contributed by atoms with Gasteiger partial charge >= 0.3 is 5.97 Å². The van der Waals surface area contributed by atoms with Crippen molar-refractivity contribution in [1.29, 1.82) is 0 Å². The lowest BCUT2D eigenvalue weighted by atomic mass is 9.58. The quantitative estimate of drug-likeness (QED) is 0.580. The number of hydrogen-bond donors (Lipinski definition) is 1. The molecule has 8 heteroatoms. The fourth-order valence-corrected chi connectivity index (χ4v) is 5.42. The molecule has 2 heterocycles. The molecule has 1 aliphatic carbocycles. The van der Waals surface area contributed by atoms with Crippen molar-refractivity contribution in [2.75, 3.05) is 18.0 Å². The van der Waals surface area contributed by atoms with Crippen molar-refractivity contribution in [3.05, 3.63) is 51.5 Å². The summed E-state index contributed by atoms with van der Waals surface area (Å²) < 4.78 is 1.88. The molecule has 1 saturated heterocycles. The fraction of sp³-hybridized carbons (Fsp3) is 0.435. The lowest BCUT2D eigenvalue weighted by Gasteiger charge is -2.52. The molecule has 0 spiro atoms. The molecule has 2 aliphatic rings. The third kappa shape index (κ3) is 3.56. The Hall–Kier alpha value is -2.31. The average Bonchev–Trinajstić information content (AvgIpc) is 3.04. The number of halogens is 2. The van der Waals surface area contributed by atoms with E-state index in [1.807, 2.05) is 23.7 Å². The van der Waals surface area contributed by atoms with Gasteiger partial charge in [-0.15, -0.1) is 5.10 Å². The van der Waals surface area contributed by atoms with Gasteiger partial charge in [0.1, 0.15) is 5.52 Å². The fourth-order valence-electron chi connectivity index (χ4n) is 4.95. The van der Waals surface area contributed by atoms with Crippen LogP contribution in [0.5, 0.6) is 0 Å². The number of hydrogen-bond acceptors (Lipinski definition) is 4. The van der Waals surface area contributed by atoms with Gasteiger partial charge in [0.2, 0.25) is 0 Å². The summed E-state index contributed by atoms with van der Waals surface area (Å²) in [6.45, 7) is 6.38. The van der Waals surface area contributed by atoms with Crippen LogP contribution in [-0.2, 0) is 11.3 Å². The second-order valence-corrected chi connectivity index (χ2v) is 10.2. The molecule has 0 radical (unpaired) electrons. The molecule has 31 heavy (non-hydrogen) atoms. The van der Waals surface area contributed by atoms with Gasteiger partial charge in [-0.3, -0.25) is 4.79 Å². The topological polar surface area (TPSA) is 71.2 Å². The highest BCUT2D eigenvalue weighted by molar-refractivity contribution is 6.35. The molecule has 0 atom stereocenters. The van der Waals surface area contributed by atoms with E-state index >= 15 is 0 Å². The molecular weight excluding hydrogens is 435 g/mol. The van der Waals surface area contributed by atoms with E-state index in [-0.39, 0.29) is 0 Å². The summed E-state index contributed by atoms with van der Waals surface area (Å²) in [5, 5.41) is 19.3. The molecule has 1 N–H and O–H groups in total. The van der Waals surface area contributed by atoms with E-state index in [2.05, 4.69) is 34.3 Å². The molecular formula is C23H24Cl2N4O2. The van der Waals surface area contributed by atoms with Crippen LogP contribution < -0.4 is 4.90 Å². The molecule has 1 aliphatic heterocycles. The van der Waals surface area contributed by atoms with Gasteiger partial charge in [0.25, 0.3) is 0 Å². The minimum absolute atomic E-state index is 0.515. The number of benzene rings is 2. The summed E-state index contributed by atoms with van der Waals surface area (Å²) in [5.74, 6) is 0.420. The predicted molar refractivity (Wildman–Crippen MR) is 122 cm³/mol. The third-order valence-corrected chi connectivity index (χ3v) is 7.60. The van der Waals surface area contributed by atoms with Crippen LogP contribution in [0, 0.1) is 24.2 Å². The van der Waals surface area contributed by atoms with Crippen molar-refractivity contribution in [2.45, 2.75) is 33.2 Å². The van der Waals surface area contributed by atoms with E-state index < -0.39 is 11.4 Å². The summed E-state index contributed by atoms with van der Waals surface area (Å²) in [4.78, 5) is 13.7. The maximum Gasteiger partial charge on any atom is 0.309 e. The van der Waals surface area contributed by atoms with Gasteiger partial charge in [0.15, 0.2) is 0 Å². The number of carbonyl (C=O) groups is 1. The maximum absolute atomic E-state index is 11.4. The van der Waals surface area contributed by atoms with Gasteiger partial charge in [-0.25, -0.2) is 4.68 Å². The molecule has 3 aromatic rings. The SMILES string of the molecule is Cc1cc(N2CC(C3CC(C)(C(=O)O)C3)C2)cc2c1nnn2Cc1ccc(Cl)cc1Cl. The van der Waals surface area contributed by atoms with Crippen LogP contribution in [-0.4, -0.2) is 39.2 Å². The first kappa shape index (κ1) is 20.6. The molecule has 2 fully saturated rings. The Bertz CT molecular complexity index is 1180. The smallest absolute Gasteiger partial charge is 0.309 e. The van der Waals surface area contributed by atoms with Crippen LogP contribution in [0.25, 0.3) is 11.0 Å². The molecule has 2 aromatic carbocycles. The number of aryl methyl sites for hydroxylation is 1. The van der Waals surface area contributed by atoms with Crippen molar-refractivity contribution >= 4 is 45.9 Å². The number of fused-ring (bicyclic) bond motifs is 1. The lowest BCUT2D eigenvalue weighted by Crippen LogP contribution is -2.56. The molecule has 6 nitrogen and oxygen atoms in total. The van der Waals surface area contributed by atoms with E-state index in [0.29, 0.717) is 28.4 Å². The molecule has 0 bridgehead atoms.